The average Bonchev–Trinajstić information content (AvgIpc) is 3.02. The fourth-order valence-electron chi connectivity index (χ4n) is 3.54. The number of benzene rings is 1. The number of nitrogens with two attached hydrogens (primary N) is 1. The van der Waals surface area contributed by atoms with Gasteiger partial charge in [0.05, 0.1) is 6.20 Å². The van der Waals surface area contributed by atoms with Gasteiger partial charge in [-0.2, -0.15) is 0 Å². The van der Waals surface area contributed by atoms with Crippen LogP contribution in [0.4, 0.5) is 5.82 Å². The summed E-state index contributed by atoms with van der Waals surface area (Å²) in [6, 6.07) is 12.6. The molecule has 0 aliphatic carbocycles. The molecule has 0 saturated carbocycles. The lowest BCUT2D eigenvalue weighted by Gasteiger charge is -2.33. The standard InChI is InChI=1S/C18H20BrN5/c19-16-12-21-17-5-6-18(22-24(16)17)23-9-7-13(8-10-23)15-4-2-1-3-14(15)11-20/h1-6,12-13H,7-11,20H2. The maximum absolute atomic E-state index is 5.90. The highest BCUT2D eigenvalue weighted by molar-refractivity contribution is 9.10. The lowest BCUT2D eigenvalue weighted by Crippen LogP contribution is -2.34. The van der Waals surface area contributed by atoms with Gasteiger partial charge in [-0.3, -0.25) is 0 Å². The van der Waals surface area contributed by atoms with E-state index in [1.807, 2.05) is 10.6 Å². The number of hydrogen-bond donors (Lipinski definition) is 1. The minimum atomic E-state index is 0.588. The Hall–Kier alpha value is -1.92. The molecule has 5 nitrogen and oxygen atoms in total. The van der Waals surface area contributed by atoms with Crippen molar-refractivity contribution < 1.29 is 0 Å². The number of halogens is 1. The number of aromatic nitrogens is 3. The molecule has 2 aromatic heterocycles. The topological polar surface area (TPSA) is 59.5 Å². The molecule has 1 aromatic carbocycles. The van der Waals surface area contributed by atoms with Gasteiger partial charge in [0.15, 0.2) is 5.65 Å². The van der Waals surface area contributed by atoms with Gasteiger partial charge in [0, 0.05) is 19.6 Å². The Bertz CT molecular complexity index is 851. The molecule has 124 valence electrons. The van der Waals surface area contributed by atoms with Gasteiger partial charge in [-0.25, -0.2) is 9.50 Å². The Morgan fingerprint density at radius 1 is 1.12 bits per heavy atom. The summed E-state index contributed by atoms with van der Waals surface area (Å²) in [4.78, 5) is 6.65. The van der Waals surface area contributed by atoms with Gasteiger partial charge in [0.2, 0.25) is 0 Å². The van der Waals surface area contributed by atoms with Crippen molar-refractivity contribution in [3.8, 4) is 0 Å². The maximum atomic E-state index is 5.90. The summed E-state index contributed by atoms with van der Waals surface area (Å²) in [5.41, 5.74) is 9.45. The van der Waals surface area contributed by atoms with E-state index in [4.69, 9.17) is 10.8 Å². The van der Waals surface area contributed by atoms with Crippen molar-refractivity contribution >= 4 is 27.4 Å². The van der Waals surface area contributed by atoms with E-state index in [1.54, 1.807) is 6.20 Å². The van der Waals surface area contributed by atoms with Crippen LogP contribution in [0, 0.1) is 0 Å². The molecule has 2 N–H and O–H groups in total. The molecular formula is C18H20BrN5. The van der Waals surface area contributed by atoms with E-state index in [9.17, 15) is 0 Å². The third kappa shape index (κ3) is 2.80. The first kappa shape index (κ1) is 15.6. The molecule has 0 bridgehead atoms. The van der Waals surface area contributed by atoms with Crippen molar-refractivity contribution in [2.75, 3.05) is 18.0 Å². The number of nitrogens with zero attached hydrogens (tertiary/aromatic N) is 4. The molecule has 1 saturated heterocycles. The van der Waals surface area contributed by atoms with Crippen molar-refractivity contribution in [3.63, 3.8) is 0 Å². The van der Waals surface area contributed by atoms with E-state index in [0.29, 0.717) is 12.5 Å². The summed E-state index contributed by atoms with van der Waals surface area (Å²) >= 11 is 3.49. The smallest absolute Gasteiger partial charge is 0.154 e. The summed E-state index contributed by atoms with van der Waals surface area (Å²) in [7, 11) is 0. The average molecular weight is 386 g/mol. The van der Waals surface area contributed by atoms with Crippen LogP contribution in [-0.4, -0.2) is 27.7 Å². The zero-order valence-electron chi connectivity index (χ0n) is 13.4. The second-order valence-corrected chi connectivity index (χ2v) is 7.02. The monoisotopic (exact) mass is 385 g/mol. The Labute approximate surface area is 149 Å². The first-order valence-electron chi connectivity index (χ1n) is 8.29. The molecule has 24 heavy (non-hydrogen) atoms. The predicted molar refractivity (Wildman–Crippen MR) is 99.2 cm³/mol. The van der Waals surface area contributed by atoms with Crippen LogP contribution in [0.5, 0.6) is 0 Å². The summed E-state index contributed by atoms with van der Waals surface area (Å²) in [5, 5.41) is 4.70. The molecule has 0 spiro atoms. The van der Waals surface area contributed by atoms with Gasteiger partial charge < -0.3 is 10.6 Å². The van der Waals surface area contributed by atoms with Crippen LogP contribution >= 0.6 is 15.9 Å². The fourth-order valence-corrected chi connectivity index (χ4v) is 3.91. The molecule has 1 aliphatic rings. The Balaban J connectivity index is 1.51. The number of rotatable bonds is 3. The van der Waals surface area contributed by atoms with Crippen molar-refractivity contribution in [1.29, 1.82) is 0 Å². The second-order valence-electron chi connectivity index (χ2n) is 6.21. The van der Waals surface area contributed by atoms with Crippen molar-refractivity contribution in [2.45, 2.75) is 25.3 Å². The van der Waals surface area contributed by atoms with E-state index in [-0.39, 0.29) is 0 Å². The normalized spacial score (nSPS) is 16.0. The molecule has 1 aliphatic heterocycles. The lowest BCUT2D eigenvalue weighted by molar-refractivity contribution is 0.498. The number of anilines is 1. The minimum absolute atomic E-state index is 0.588. The largest absolute Gasteiger partial charge is 0.355 e. The van der Waals surface area contributed by atoms with Crippen molar-refractivity contribution in [2.24, 2.45) is 5.73 Å². The molecule has 0 amide bonds. The fraction of sp³-hybridized carbons (Fsp3) is 0.333. The number of piperidine rings is 1. The number of hydrogen-bond acceptors (Lipinski definition) is 4. The summed E-state index contributed by atoms with van der Waals surface area (Å²) in [5.74, 6) is 1.59. The SMILES string of the molecule is NCc1ccccc1C1CCN(c2ccc3ncc(Br)n3n2)CC1. The molecule has 0 radical (unpaired) electrons. The third-order valence-electron chi connectivity index (χ3n) is 4.84. The Morgan fingerprint density at radius 2 is 1.92 bits per heavy atom. The van der Waals surface area contributed by atoms with Crippen LogP contribution in [0.25, 0.3) is 5.65 Å². The van der Waals surface area contributed by atoms with Crippen LogP contribution < -0.4 is 10.6 Å². The van der Waals surface area contributed by atoms with Crippen LogP contribution in [-0.2, 0) is 6.54 Å². The molecule has 0 unspecified atom stereocenters. The van der Waals surface area contributed by atoms with Gasteiger partial charge in [0.25, 0.3) is 0 Å². The number of imidazole rings is 1. The van der Waals surface area contributed by atoms with E-state index >= 15 is 0 Å². The highest BCUT2D eigenvalue weighted by Gasteiger charge is 2.23. The zero-order chi connectivity index (χ0) is 16.5. The van der Waals surface area contributed by atoms with Gasteiger partial charge >= 0.3 is 0 Å². The molecule has 4 rings (SSSR count). The quantitative estimate of drug-likeness (QED) is 0.750. The van der Waals surface area contributed by atoms with Crippen LogP contribution in [0.1, 0.15) is 29.9 Å². The van der Waals surface area contributed by atoms with Gasteiger partial charge in [-0.15, -0.1) is 5.10 Å². The first-order chi connectivity index (χ1) is 11.8. The molecule has 3 heterocycles. The molecule has 6 heteroatoms. The maximum Gasteiger partial charge on any atom is 0.154 e. The van der Waals surface area contributed by atoms with Crippen LogP contribution in [0.15, 0.2) is 47.2 Å². The van der Waals surface area contributed by atoms with E-state index in [1.165, 1.54) is 11.1 Å². The van der Waals surface area contributed by atoms with Crippen LogP contribution in [0.3, 0.4) is 0 Å². The zero-order valence-corrected chi connectivity index (χ0v) is 15.0. The summed E-state index contributed by atoms with van der Waals surface area (Å²) in [6.45, 7) is 2.63. The van der Waals surface area contributed by atoms with E-state index < -0.39 is 0 Å². The van der Waals surface area contributed by atoms with Gasteiger partial charge in [-0.05, 0) is 57.9 Å². The Morgan fingerprint density at radius 3 is 2.71 bits per heavy atom. The first-order valence-corrected chi connectivity index (χ1v) is 9.08. The van der Waals surface area contributed by atoms with E-state index in [2.05, 4.69) is 56.1 Å². The molecular weight excluding hydrogens is 366 g/mol. The summed E-state index contributed by atoms with van der Waals surface area (Å²) in [6.07, 6.45) is 4.03. The summed E-state index contributed by atoms with van der Waals surface area (Å²) < 4.78 is 2.72. The Kier molecular flexibility index (Phi) is 4.24. The molecule has 0 atom stereocenters. The molecule has 1 fully saturated rings. The third-order valence-corrected chi connectivity index (χ3v) is 5.38. The number of fused-ring (bicyclic) bond motifs is 1. The second kappa shape index (κ2) is 6.53. The lowest BCUT2D eigenvalue weighted by atomic mass is 9.86. The van der Waals surface area contributed by atoms with Crippen molar-refractivity contribution in [1.82, 2.24) is 14.6 Å². The predicted octanol–water partition coefficient (Wildman–Crippen LogP) is 3.33. The highest BCUT2D eigenvalue weighted by Crippen LogP contribution is 2.31. The van der Waals surface area contributed by atoms with Crippen molar-refractivity contribution in [3.05, 3.63) is 58.3 Å². The van der Waals surface area contributed by atoms with Gasteiger partial charge in [0.1, 0.15) is 10.4 Å². The van der Waals surface area contributed by atoms with Gasteiger partial charge in [-0.1, -0.05) is 24.3 Å². The van der Waals surface area contributed by atoms with Crippen LogP contribution in [0.2, 0.25) is 0 Å². The van der Waals surface area contributed by atoms with E-state index in [0.717, 1.165) is 42.0 Å². The minimum Gasteiger partial charge on any atom is -0.355 e. The molecule has 3 aromatic rings. The highest BCUT2D eigenvalue weighted by atomic mass is 79.9.